The van der Waals surface area contributed by atoms with Gasteiger partial charge in [-0.2, -0.15) is 0 Å². The van der Waals surface area contributed by atoms with E-state index in [0.717, 1.165) is 11.3 Å². The van der Waals surface area contributed by atoms with Gasteiger partial charge in [-0.3, -0.25) is 0 Å². The van der Waals surface area contributed by atoms with Crippen LogP contribution in [-0.4, -0.2) is 51.7 Å². The fourth-order valence-corrected chi connectivity index (χ4v) is 4.50. The molecule has 21 heavy (non-hydrogen) atoms. The number of aliphatic hydroxyl groups is 2. The van der Waals surface area contributed by atoms with Crippen LogP contribution < -0.4 is 0 Å². The molecule has 1 aliphatic rings. The second-order valence-corrected chi connectivity index (χ2v) is 7.45. The van der Waals surface area contributed by atoms with Gasteiger partial charge in [0.2, 0.25) is 0 Å². The van der Waals surface area contributed by atoms with Crippen LogP contribution in [0.3, 0.4) is 0 Å². The van der Waals surface area contributed by atoms with Crippen molar-refractivity contribution in [3.8, 4) is 0 Å². The lowest BCUT2D eigenvalue weighted by molar-refractivity contribution is -0.290. The summed E-state index contributed by atoms with van der Waals surface area (Å²) in [5.41, 5.74) is 0.897. The van der Waals surface area contributed by atoms with E-state index in [-0.39, 0.29) is 17.3 Å². The van der Waals surface area contributed by atoms with E-state index in [1.165, 1.54) is 0 Å². The lowest BCUT2D eigenvalue weighted by Gasteiger charge is -2.41. The van der Waals surface area contributed by atoms with E-state index in [1.54, 1.807) is 23.5 Å². The van der Waals surface area contributed by atoms with Gasteiger partial charge in [0.05, 0.1) is 11.2 Å². The monoisotopic (exact) mass is 330 g/mol. The minimum atomic E-state index is -0.827. The zero-order chi connectivity index (χ0) is 15.2. The number of benzene rings is 1. The van der Waals surface area contributed by atoms with E-state index in [9.17, 15) is 10.2 Å². The second-order valence-electron chi connectivity index (χ2n) is 4.75. The lowest BCUT2D eigenvalue weighted by Crippen LogP contribution is -2.52. The number of hydrogen-bond acceptors (Lipinski definition) is 6. The van der Waals surface area contributed by atoms with Gasteiger partial charge in [0.15, 0.2) is 6.29 Å². The minimum absolute atomic E-state index is 0.106. The van der Waals surface area contributed by atoms with E-state index in [1.807, 2.05) is 36.6 Å². The average molecular weight is 330 g/mol. The molecular formula is C15H22O4S2. The van der Waals surface area contributed by atoms with Crippen molar-refractivity contribution in [1.82, 2.24) is 0 Å². The van der Waals surface area contributed by atoms with Crippen LogP contribution in [0.2, 0.25) is 0 Å². The Morgan fingerprint density at radius 1 is 1.24 bits per heavy atom. The normalized spacial score (nSPS) is 31.0. The van der Waals surface area contributed by atoms with Gasteiger partial charge in [-0.25, -0.2) is 0 Å². The van der Waals surface area contributed by atoms with Crippen LogP contribution in [0.25, 0.3) is 0 Å². The van der Waals surface area contributed by atoms with Crippen molar-refractivity contribution in [2.45, 2.75) is 36.1 Å². The minimum Gasteiger partial charge on any atom is -0.394 e. The summed E-state index contributed by atoms with van der Waals surface area (Å²) in [4.78, 5) is 0. The summed E-state index contributed by atoms with van der Waals surface area (Å²) < 4.78 is 11.8. The molecule has 1 aromatic carbocycles. The number of rotatable bonds is 6. The van der Waals surface area contributed by atoms with E-state index in [0.29, 0.717) is 0 Å². The van der Waals surface area contributed by atoms with Crippen LogP contribution in [0, 0.1) is 0 Å². The molecule has 5 atom stereocenters. The summed E-state index contributed by atoms with van der Waals surface area (Å²) in [5.74, 6) is 0.943. The van der Waals surface area contributed by atoms with Gasteiger partial charge in [0.25, 0.3) is 0 Å². The summed E-state index contributed by atoms with van der Waals surface area (Å²) in [6, 6.07) is 9.62. The highest BCUT2D eigenvalue weighted by atomic mass is 32.2. The predicted molar refractivity (Wildman–Crippen MR) is 87.5 cm³/mol. The molecular weight excluding hydrogens is 308 g/mol. The Balaban J connectivity index is 2.19. The third-order valence-electron chi connectivity index (χ3n) is 3.38. The molecule has 5 unspecified atom stereocenters. The first-order valence-corrected chi connectivity index (χ1v) is 9.34. The van der Waals surface area contributed by atoms with Gasteiger partial charge >= 0.3 is 0 Å². The summed E-state index contributed by atoms with van der Waals surface area (Å²) >= 11 is 3.39. The van der Waals surface area contributed by atoms with E-state index >= 15 is 0 Å². The fourth-order valence-electron chi connectivity index (χ4n) is 2.31. The Hall–Kier alpha value is -0.240. The van der Waals surface area contributed by atoms with Crippen molar-refractivity contribution in [2.24, 2.45) is 0 Å². The topological polar surface area (TPSA) is 58.9 Å². The van der Waals surface area contributed by atoms with Gasteiger partial charge in [-0.05, 0) is 12.0 Å². The van der Waals surface area contributed by atoms with Crippen LogP contribution >= 0.6 is 23.5 Å². The Morgan fingerprint density at radius 2 is 1.95 bits per heavy atom. The molecule has 0 bridgehead atoms. The molecule has 2 rings (SSSR count). The molecule has 1 saturated heterocycles. The molecule has 0 amide bonds. The molecule has 1 heterocycles. The SMILES string of the molecule is CCSC(SC)C1OC(c2ccccc2)OC(CO)C1O. The van der Waals surface area contributed by atoms with E-state index in [2.05, 4.69) is 6.92 Å². The van der Waals surface area contributed by atoms with Gasteiger partial charge < -0.3 is 19.7 Å². The maximum atomic E-state index is 10.4. The zero-order valence-electron chi connectivity index (χ0n) is 12.2. The molecule has 0 aromatic heterocycles. The highest BCUT2D eigenvalue weighted by Crippen LogP contribution is 2.37. The first-order chi connectivity index (χ1) is 10.2. The third-order valence-corrected chi connectivity index (χ3v) is 6.03. The van der Waals surface area contributed by atoms with Crippen molar-refractivity contribution in [1.29, 1.82) is 0 Å². The molecule has 0 aliphatic carbocycles. The summed E-state index contributed by atoms with van der Waals surface area (Å²) in [6.45, 7) is 1.86. The van der Waals surface area contributed by atoms with Gasteiger partial charge in [0, 0.05) is 5.56 Å². The molecule has 0 spiro atoms. The maximum Gasteiger partial charge on any atom is 0.184 e. The van der Waals surface area contributed by atoms with Crippen LogP contribution in [0.5, 0.6) is 0 Å². The van der Waals surface area contributed by atoms with Crippen LogP contribution in [0.1, 0.15) is 18.8 Å². The average Bonchev–Trinajstić information content (AvgIpc) is 2.54. The van der Waals surface area contributed by atoms with E-state index in [4.69, 9.17) is 9.47 Å². The Labute approximate surface area is 134 Å². The Bertz CT molecular complexity index is 415. The number of aliphatic hydroxyl groups excluding tert-OH is 2. The van der Waals surface area contributed by atoms with Crippen LogP contribution in [0.4, 0.5) is 0 Å². The molecule has 118 valence electrons. The molecule has 1 aliphatic heterocycles. The molecule has 6 heteroatoms. The van der Waals surface area contributed by atoms with Gasteiger partial charge in [-0.15, -0.1) is 23.5 Å². The zero-order valence-corrected chi connectivity index (χ0v) is 13.8. The first kappa shape index (κ1) is 17.1. The third kappa shape index (κ3) is 4.15. The first-order valence-electron chi connectivity index (χ1n) is 7.00. The molecule has 4 nitrogen and oxygen atoms in total. The highest BCUT2D eigenvalue weighted by Gasteiger charge is 2.42. The van der Waals surface area contributed by atoms with Crippen LogP contribution in [-0.2, 0) is 9.47 Å². The van der Waals surface area contributed by atoms with Crippen LogP contribution in [0.15, 0.2) is 30.3 Å². The van der Waals surface area contributed by atoms with Crippen molar-refractivity contribution in [2.75, 3.05) is 18.6 Å². The highest BCUT2D eigenvalue weighted by molar-refractivity contribution is 8.16. The van der Waals surface area contributed by atoms with Crippen molar-refractivity contribution < 1.29 is 19.7 Å². The quantitative estimate of drug-likeness (QED) is 0.780. The molecule has 0 radical (unpaired) electrons. The predicted octanol–water partition coefficient (Wildman–Crippen LogP) is 2.26. The van der Waals surface area contributed by atoms with Gasteiger partial charge in [0.1, 0.15) is 18.3 Å². The number of hydrogen-bond donors (Lipinski definition) is 2. The summed E-state index contributed by atoms with van der Waals surface area (Å²) in [7, 11) is 0. The molecule has 1 aromatic rings. The smallest absolute Gasteiger partial charge is 0.184 e. The largest absolute Gasteiger partial charge is 0.394 e. The fraction of sp³-hybridized carbons (Fsp3) is 0.600. The Kier molecular flexibility index (Phi) is 6.85. The Morgan fingerprint density at radius 3 is 2.52 bits per heavy atom. The molecule has 2 N–H and O–H groups in total. The summed E-state index contributed by atoms with van der Waals surface area (Å²) in [6.07, 6.45) is -0.373. The molecule has 0 saturated carbocycles. The van der Waals surface area contributed by atoms with Gasteiger partial charge in [-0.1, -0.05) is 37.3 Å². The number of ether oxygens (including phenoxy) is 2. The standard InChI is InChI=1S/C15H22O4S2/c1-3-21-15(20-2)13-12(17)11(9-16)18-14(19-13)10-7-5-4-6-8-10/h4-8,11-17H,3,9H2,1-2H3. The lowest BCUT2D eigenvalue weighted by atomic mass is 10.1. The van der Waals surface area contributed by atoms with Crippen molar-refractivity contribution >= 4 is 23.5 Å². The second kappa shape index (κ2) is 8.41. The van der Waals surface area contributed by atoms with Crippen molar-refractivity contribution in [3.05, 3.63) is 35.9 Å². The summed E-state index contributed by atoms with van der Waals surface area (Å²) in [5, 5.41) is 19.9. The maximum absolute atomic E-state index is 10.4. The van der Waals surface area contributed by atoms with Crippen molar-refractivity contribution in [3.63, 3.8) is 0 Å². The number of thioether (sulfide) groups is 2. The van der Waals surface area contributed by atoms with E-state index < -0.39 is 18.5 Å². The molecule has 1 fully saturated rings.